The van der Waals surface area contributed by atoms with Crippen LogP contribution in [0, 0.1) is 13.8 Å². The molecular weight excluding hydrogens is 441 g/mol. The van der Waals surface area contributed by atoms with Gasteiger partial charge in [0.15, 0.2) is 10.8 Å². The molecule has 2 aromatic heterocycles. The van der Waals surface area contributed by atoms with E-state index in [9.17, 15) is 4.79 Å². The summed E-state index contributed by atoms with van der Waals surface area (Å²) >= 11 is 13.6. The molecule has 0 spiro atoms. The largest absolute Gasteiger partial charge is 0.296 e. The summed E-state index contributed by atoms with van der Waals surface area (Å²) in [6.07, 6.45) is 0.658. The third-order valence-electron chi connectivity index (χ3n) is 4.60. The zero-order valence-corrected chi connectivity index (χ0v) is 18.5. The van der Waals surface area contributed by atoms with Gasteiger partial charge in [0.05, 0.1) is 17.1 Å². The van der Waals surface area contributed by atoms with E-state index in [-0.39, 0.29) is 11.6 Å². The number of anilines is 1. The van der Waals surface area contributed by atoms with Crippen LogP contribution in [0.2, 0.25) is 10.0 Å². The van der Waals surface area contributed by atoms with Crippen LogP contribution in [0.3, 0.4) is 0 Å². The van der Waals surface area contributed by atoms with Gasteiger partial charge in [0.1, 0.15) is 0 Å². The van der Waals surface area contributed by atoms with Crippen molar-refractivity contribution in [3.63, 3.8) is 0 Å². The number of aryl methyl sites for hydroxylation is 1. The van der Waals surface area contributed by atoms with E-state index in [0.717, 1.165) is 21.8 Å². The first-order valence-corrected chi connectivity index (χ1v) is 10.7. The van der Waals surface area contributed by atoms with Crippen molar-refractivity contribution in [2.75, 3.05) is 5.32 Å². The standard InChI is InChI=1S/C21H17Cl2N5OS/c1-12-18(11-14-5-3-4-6-17(14)23)30-21(24-12)25-20(29)19-13(2)28(27-26-19)16-9-7-15(22)8-10-16/h3-10H,11H2,1-2H3,(H,24,25,29). The number of amides is 1. The monoisotopic (exact) mass is 457 g/mol. The van der Waals surface area contributed by atoms with E-state index in [4.69, 9.17) is 23.2 Å². The van der Waals surface area contributed by atoms with Crippen LogP contribution in [0.4, 0.5) is 5.13 Å². The van der Waals surface area contributed by atoms with Gasteiger partial charge in [-0.3, -0.25) is 10.1 Å². The fourth-order valence-corrected chi connectivity index (χ4v) is 4.29. The lowest BCUT2D eigenvalue weighted by Crippen LogP contribution is -2.14. The summed E-state index contributed by atoms with van der Waals surface area (Å²) in [5, 5.41) is 12.8. The van der Waals surface area contributed by atoms with Crippen molar-refractivity contribution in [2.24, 2.45) is 0 Å². The van der Waals surface area contributed by atoms with Crippen LogP contribution in [0.1, 0.15) is 32.3 Å². The minimum absolute atomic E-state index is 0.241. The molecule has 2 heterocycles. The molecular formula is C21H17Cl2N5OS. The molecule has 152 valence electrons. The molecule has 0 aliphatic rings. The Balaban J connectivity index is 1.52. The Morgan fingerprint density at radius 3 is 2.57 bits per heavy atom. The van der Waals surface area contributed by atoms with E-state index in [1.807, 2.05) is 43.3 Å². The van der Waals surface area contributed by atoms with Gasteiger partial charge in [-0.2, -0.15) is 0 Å². The number of nitrogens with one attached hydrogen (secondary N) is 1. The molecule has 4 aromatic rings. The van der Waals surface area contributed by atoms with Crippen LogP contribution in [0.25, 0.3) is 5.69 Å². The fourth-order valence-electron chi connectivity index (χ4n) is 2.98. The van der Waals surface area contributed by atoms with Crippen LogP contribution in [-0.4, -0.2) is 25.9 Å². The quantitative estimate of drug-likeness (QED) is 0.429. The van der Waals surface area contributed by atoms with Crippen LogP contribution in [0.5, 0.6) is 0 Å². The number of nitrogens with zero attached hydrogens (tertiary/aromatic N) is 4. The van der Waals surface area contributed by atoms with Gasteiger partial charge in [-0.25, -0.2) is 9.67 Å². The molecule has 0 fully saturated rings. The van der Waals surface area contributed by atoms with Gasteiger partial charge in [0.25, 0.3) is 5.91 Å². The number of rotatable bonds is 5. The number of hydrogen-bond acceptors (Lipinski definition) is 5. The van der Waals surface area contributed by atoms with Crippen LogP contribution in [-0.2, 0) is 6.42 Å². The Morgan fingerprint density at radius 1 is 1.10 bits per heavy atom. The Hall–Kier alpha value is -2.74. The first kappa shape index (κ1) is 20.5. The highest BCUT2D eigenvalue weighted by Gasteiger charge is 2.19. The van der Waals surface area contributed by atoms with E-state index in [1.54, 1.807) is 23.7 Å². The third-order valence-corrected chi connectivity index (χ3v) is 6.30. The summed E-state index contributed by atoms with van der Waals surface area (Å²) in [4.78, 5) is 18.3. The summed E-state index contributed by atoms with van der Waals surface area (Å²) in [6.45, 7) is 3.71. The average Bonchev–Trinajstić information content (AvgIpc) is 3.26. The Labute approximate surface area is 187 Å². The lowest BCUT2D eigenvalue weighted by Gasteiger charge is -2.04. The maximum absolute atomic E-state index is 12.8. The second kappa shape index (κ2) is 8.55. The predicted molar refractivity (Wildman–Crippen MR) is 120 cm³/mol. The molecule has 1 amide bonds. The van der Waals surface area contributed by atoms with Crippen molar-refractivity contribution in [2.45, 2.75) is 20.3 Å². The molecule has 4 rings (SSSR count). The van der Waals surface area contributed by atoms with Crippen molar-refractivity contribution in [1.82, 2.24) is 20.0 Å². The molecule has 0 atom stereocenters. The van der Waals surface area contributed by atoms with E-state index < -0.39 is 0 Å². The van der Waals surface area contributed by atoms with Gasteiger partial charge >= 0.3 is 0 Å². The topological polar surface area (TPSA) is 72.7 Å². The van der Waals surface area contributed by atoms with Crippen molar-refractivity contribution in [1.29, 1.82) is 0 Å². The molecule has 9 heteroatoms. The summed E-state index contributed by atoms with van der Waals surface area (Å²) in [5.41, 5.74) is 3.52. The van der Waals surface area contributed by atoms with Gasteiger partial charge in [0.2, 0.25) is 0 Å². The first-order chi connectivity index (χ1) is 14.4. The molecule has 0 unspecified atom stereocenters. The summed E-state index contributed by atoms with van der Waals surface area (Å²) in [7, 11) is 0. The van der Waals surface area contributed by atoms with Crippen LogP contribution in [0.15, 0.2) is 48.5 Å². The normalized spacial score (nSPS) is 10.9. The molecule has 0 radical (unpaired) electrons. The van der Waals surface area contributed by atoms with Crippen molar-refractivity contribution < 1.29 is 4.79 Å². The molecule has 0 saturated heterocycles. The number of carbonyl (C=O) groups is 1. The Bertz CT molecular complexity index is 1220. The second-order valence-corrected chi connectivity index (χ2v) is 8.59. The van der Waals surface area contributed by atoms with E-state index in [2.05, 4.69) is 20.6 Å². The smallest absolute Gasteiger partial charge is 0.279 e. The minimum atomic E-state index is -0.356. The SMILES string of the molecule is Cc1nc(NC(=O)c2nnn(-c3ccc(Cl)cc3)c2C)sc1Cc1ccccc1Cl. The molecule has 6 nitrogen and oxygen atoms in total. The van der Waals surface area contributed by atoms with E-state index >= 15 is 0 Å². The highest BCUT2D eigenvalue weighted by atomic mass is 35.5. The number of benzene rings is 2. The van der Waals surface area contributed by atoms with Gasteiger partial charge < -0.3 is 0 Å². The van der Waals surface area contributed by atoms with Crippen molar-refractivity contribution in [3.05, 3.63) is 86.1 Å². The maximum atomic E-state index is 12.8. The summed E-state index contributed by atoms with van der Waals surface area (Å²) in [6, 6.07) is 14.9. The number of halogens is 2. The lowest BCUT2D eigenvalue weighted by atomic mass is 10.1. The molecule has 2 aromatic carbocycles. The number of thiazole rings is 1. The second-order valence-electron chi connectivity index (χ2n) is 6.66. The maximum Gasteiger partial charge on any atom is 0.279 e. The van der Waals surface area contributed by atoms with Gasteiger partial charge in [-0.15, -0.1) is 16.4 Å². The van der Waals surface area contributed by atoms with Gasteiger partial charge in [-0.05, 0) is 49.7 Å². The molecule has 0 aliphatic carbocycles. The van der Waals surface area contributed by atoms with Crippen molar-refractivity contribution >= 4 is 45.6 Å². The molecule has 30 heavy (non-hydrogen) atoms. The summed E-state index contributed by atoms with van der Waals surface area (Å²) in [5.74, 6) is -0.356. The third kappa shape index (κ3) is 4.23. The number of carbonyl (C=O) groups excluding carboxylic acids is 1. The Morgan fingerprint density at radius 2 is 1.83 bits per heavy atom. The minimum Gasteiger partial charge on any atom is -0.296 e. The average molecular weight is 458 g/mol. The fraction of sp³-hybridized carbons (Fsp3) is 0.143. The number of aromatic nitrogens is 4. The van der Waals surface area contributed by atoms with Gasteiger partial charge in [-0.1, -0.05) is 46.6 Å². The first-order valence-electron chi connectivity index (χ1n) is 9.11. The highest BCUT2D eigenvalue weighted by molar-refractivity contribution is 7.15. The van der Waals surface area contributed by atoms with E-state index in [0.29, 0.717) is 27.3 Å². The lowest BCUT2D eigenvalue weighted by molar-refractivity contribution is 0.102. The molecule has 0 saturated carbocycles. The molecule has 0 aliphatic heterocycles. The Kier molecular flexibility index (Phi) is 5.85. The highest BCUT2D eigenvalue weighted by Crippen LogP contribution is 2.28. The van der Waals surface area contributed by atoms with Gasteiger partial charge in [0, 0.05) is 21.3 Å². The number of hydrogen-bond donors (Lipinski definition) is 1. The zero-order valence-electron chi connectivity index (χ0n) is 16.2. The molecule has 0 bridgehead atoms. The summed E-state index contributed by atoms with van der Waals surface area (Å²) < 4.78 is 1.60. The van der Waals surface area contributed by atoms with Crippen molar-refractivity contribution in [3.8, 4) is 5.69 Å². The van der Waals surface area contributed by atoms with E-state index in [1.165, 1.54) is 11.3 Å². The predicted octanol–water partition coefficient (Wildman–Crippen LogP) is 5.49. The van der Waals surface area contributed by atoms with Crippen LogP contribution < -0.4 is 5.32 Å². The zero-order chi connectivity index (χ0) is 21.3. The van der Waals surface area contributed by atoms with Crippen LogP contribution >= 0.6 is 34.5 Å². The molecule has 1 N–H and O–H groups in total.